The Morgan fingerprint density at radius 2 is 1.14 bits per heavy atom. The van der Waals surface area contributed by atoms with Crippen LogP contribution in [0.5, 0.6) is 0 Å². The first-order valence-electron chi connectivity index (χ1n) is 16.9. The number of unbranched alkanes of at least 4 members (excludes halogenated alkanes) is 4. The Balaban J connectivity index is 0. The average Bonchev–Trinajstić information content (AvgIpc) is 3.08. The molecule has 0 saturated heterocycles. The van der Waals surface area contributed by atoms with Gasteiger partial charge in [0.1, 0.15) is 0 Å². The summed E-state index contributed by atoms with van der Waals surface area (Å²) < 4.78 is 0. The SMILES string of the molecule is C=CNCCCCCC.C=Cc1cc(Cc2ccc(C#Cc3ccc(CCCC)cc3)cc2)ccc1C.CC.CC.CC. The van der Waals surface area contributed by atoms with Gasteiger partial charge in [0.05, 0.1) is 0 Å². The zero-order valence-corrected chi connectivity index (χ0v) is 29.3. The highest BCUT2D eigenvalue weighted by Crippen LogP contribution is 2.16. The lowest BCUT2D eigenvalue weighted by atomic mass is 9.99. The van der Waals surface area contributed by atoms with Crippen LogP contribution in [0.25, 0.3) is 6.08 Å². The summed E-state index contributed by atoms with van der Waals surface area (Å²) in [5, 5.41) is 3.07. The van der Waals surface area contributed by atoms with E-state index in [2.05, 4.69) is 118 Å². The first kappa shape index (κ1) is 41.6. The first-order valence-corrected chi connectivity index (χ1v) is 16.9. The molecule has 3 rings (SSSR count). The van der Waals surface area contributed by atoms with E-state index < -0.39 is 0 Å². The minimum Gasteiger partial charge on any atom is -0.391 e. The molecule has 3 aromatic carbocycles. The Morgan fingerprint density at radius 3 is 1.63 bits per heavy atom. The third-order valence-corrected chi connectivity index (χ3v) is 6.37. The van der Waals surface area contributed by atoms with Crippen LogP contribution in [0.2, 0.25) is 0 Å². The van der Waals surface area contributed by atoms with Crippen LogP contribution >= 0.6 is 0 Å². The van der Waals surface area contributed by atoms with Crippen LogP contribution in [0.15, 0.2) is 86.1 Å². The summed E-state index contributed by atoms with van der Waals surface area (Å²) in [5.74, 6) is 6.55. The van der Waals surface area contributed by atoms with Crippen molar-refractivity contribution >= 4 is 6.08 Å². The molecule has 1 heteroatoms. The molecule has 3 aromatic rings. The maximum atomic E-state index is 3.90. The van der Waals surface area contributed by atoms with Crippen LogP contribution in [0.3, 0.4) is 0 Å². The molecule has 0 bridgehead atoms. The normalized spacial score (nSPS) is 8.95. The highest BCUT2D eigenvalue weighted by molar-refractivity contribution is 5.53. The predicted molar refractivity (Wildman–Crippen MR) is 198 cm³/mol. The highest BCUT2D eigenvalue weighted by Gasteiger charge is 2.00. The van der Waals surface area contributed by atoms with Crippen molar-refractivity contribution < 1.29 is 0 Å². The second-order valence-corrected chi connectivity index (χ2v) is 9.54. The van der Waals surface area contributed by atoms with Crippen molar-refractivity contribution in [2.24, 2.45) is 0 Å². The van der Waals surface area contributed by atoms with Crippen LogP contribution < -0.4 is 5.32 Å². The molecule has 43 heavy (non-hydrogen) atoms. The minimum atomic E-state index is 0.925. The van der Waals surface area contributed by atoms with Gasteiger partial charge in [0.15, 0.2) is 0 Å². The van der Waals surface area contributed by atoms with E-state index in [1.807, 2.05) is 47.6 Å². The molecule has 0 aliphatic heterocycles. The van der Waals surface area contributed by atoms with Gasteiger partial charge in [0.2, 0.25) is 0 Å². The molecule has 236 valence electrons. The van der Waals surface area contributed by atoms with Gasteiger partial charge in [-0.1, -0.05) is 155 Å². The summed E-state index contributed by atoms with van der Waals surface area (Å²) >= 11 is 0. The summed E-state index contributed by atoms with van der Waals surface area (Å²) in [6, 6.07) is 23.8. The standard InChI is InChI=1S/C28H28.C8H17N.3C2H6/c1-4-6-7-23-10-12-24(13-11-23)14-15-25-16-18-26(19-17-25)20-27-9-8-22(3)28(5-2)21-27;1-3-5-6-7-8-9-4-2;3*1-2/h5,8-13,16-19,21H,2,4,6-7,20H2,1,3H3;4,9H,2-3,5-8H2,1H3;3*1-2H3. The number of benzene rings is 3. The largest absolute Gasteiger partial charge is 0.391 e. The van der Waals surface area contributed by atoms with Crippen molar-refractivity contribution in [1.82, 2.24) is 5.32 Å². The maximum absolute atomic E-state index is 3.90. The van der Waals surface area contributed by atoms with Crippen LogP contribution in [0.4, 0.5) is 0 Å². The third kappa shape index (κ3) is 20.1. The molecule has 1 N–H and O–H groups in total. The summed E-state index contributed by atoms with van der Waals surface area (Å²) in [4.78, 5) is 0. The monoisotopic (exact) mass is 581 g/mol. The molecule has 0 saturated carbocycles. The lowest BCUT2D eigenvalue weighted by Gasteiger charge is -2.06. The molecule has 0 atom stereocenters. The van der Waals surface area contributed by atoms with E-state index in [1.54, 1.807) is 6.20 Å². The Kier molecular flexibility index (Phi) is 29.0. The summed E-state index contributed by atoms with van der Waals surface area (Å²) in [6.07, 6.45) is 13.5. The van der Waals surface area contributed by atoms with Crippen LogP contribution in [0, 0.1) is 18.8 Å². The number of nitrogens with one attached hydrogen (secondary N) is 1. The zero-order valence-electron chi connectivity index (χ0n) is 29.3. The molecule has 0 aromatic heterocycles. The van der Waals surface area contributed by atoms with Crippen molar-refractivity contribution in [3.8, 4) is 11.8 Å². The Hall–Kier alpha value is -3.50. The van der Waals surface area contributed by atoms with Gasteiger partial charge in [0, 0.05) is 17.7 Å². The lowest BCUT2D eigenvalue weighted by molar-refractivity contribution is 0.646. The fraction of sp³-hybridized carbons (Fsp3) is 0.429. The maximum Gasteiger partial charge on any atom is 0.0249 e. The summed E-state index contributed by atoms with van der Waals surface area (Å²) in [5.41, 5.74) is 8.60. The molecule has 0 fully saturated rings. The molecular weight excluding hydrogens is 518 g/mol. The number of hydrogen-bond acceptors (Lipinski definition) is 1. The van der Waals surface area contributed by atoms with E-state index in [0.29, 0.717) is 0 Å². The third-order valence-electron chi connectivity index (χ3n) is 6.37. The van der Waals surface area contributed by atoms with Gasteiger partial charge in [-0.2, -0.15) is 0 Å². The van der Waals surface area contributed by atoms with Crippen molar-refractivity contribution in [2.75, 3.05) is 6.54 Å². The molecule has 0 heterocycles. The Morgan fingerprint density at radius 1 is 0.628 bits per heavy atom. The lowest BCUT2D eigenvalue weighted by Crippen LogP contribution is -2.05. The predicted octanol–water partition coefficient (Wildman–Crippen LogP) is 12.3. The fourth-order valence-electron chi connectivity index (χ4n) is 4.00. The molecule has 0 aliphatic rings. The van der Waals surface area contributed by atoms with Crippen LogP contribution in [-0.2, 0) is 12.8 Å². The van der Waals surface area contributed by atoms with Gasteiger partial charge in [-0.05, 0) is 90.9 Å². The van der Waals surface area contributed by atoms with Gasteiger partial charge in [-0.3, -0.25) is 0 Å². The zero-order chi connectivity index (χ0) is 32.7. The van der Waals surface area contributed by atoms with Crippen molar-refractivity contribution in [3.63, 3.8) is 0 Å². The van der Waals surface area contributed by atoms with Gasteiger partial charge in [0.25, 0.3) is 0 Å². The highest BCUT2D eigenvalue weighted by atomic mass is 14.8. The van der Waals surface area contributed by atoms with Gasteiger partial charge < -0.3 is 5.32 Å². The van der Waals surface area contributed by atoms with E-state index >= 15 is 0 Å². The van der Waals surface area contributed by atoms with Crippen molar-refractivity contribution in [2.45, 2.75) is 114 Å². The Labute approximate surface area is 267 Å². The van der Waals surface area contributed by atoms with Gasteiger partial charge in [-0.25, -0.2) is 0 Å². The fourth-order valence-corrected chi connectivity index (χ4v) is 4.00. The van der Waals surface area contributed by atoms with Gasteiger partial charge >= 0.3 is 0 Å². The first-order chi connectivity index (χ1) is 21.1. The molecule has 0 spiro atoms. The summed E-state index contributed by atoms with van der Waals surface area (Å²) in [6.45, 7) is 27.1. The topological polar surface area (TPSA) is 12.0 Å². The smallest absolute Gasteiger partial charge is 0.0249 e. The number of hydrogen-bond donors (Lipinski definition) is 1. The molecule has 0 aliphatic carbocycles. The summed E-state index contributed by atoms with van der Waals surface area (Å²) in [7, 11) is 0. The minimum absolute atomic E-state index is 0.925. The van der Waals surface area contributed by atoms with Gasteiger partial charge in [-0.15, -0.1) is 0 Å². The van der Waals surface area contributed by atoms with E-state index in [-0.39, 0.29) is 0 Å². The molecular formula is C42H63N. The molecule has 0 radical (unpaired) electrons. The molecule has 0 unspecified atom stereocenters. The van der Waals surface area contributed by atoms with Crippen molar-refractivity contribution in [3.05, 3.63) is 125 Å². The van der Waals surface area contributed by atoms with E-state index in [0.717, 1.165) is 30.5 Å². The number of aryl methyl sites for hydroxylation is 2. The van der Waals surface area contributed by atoms with Crippen molar-refractivity contribution in [1.29, 1.82) is 0 Å². The second kappa shape index (κ2) is 30.0. The molecule has 0 amide bonds. The Bertz CT molecular complexity index is 1120. The quantitative estimate of drug-likeness (QED) is 0.166. The van der Waals surface area contributed by atoms with E-state index in [1.165, 1.54) is 66.3 Å². The second-order valence-electron chi connectivity index (χ2n) is 9.54. The van der Waals surface area contributed by atoms with E-state index in [9.17, 15) is 0 Å². The van der Waals surface area contributed by atoms with E-state index in [4.69, 9.17) is 0 Å². The molecule has 1 nitrogen and oxygen atoms in total. The average molecular weight is 582 g/mol. The number of rotatable bonds is 12. The van der Waals surface area contributed by atoms with Crippen LogP contribution in [0.1, 0.15) is 133 Å². The van der Waals surface area contributed by atoms with Crippen LogP contribution in [-0.4, -0.2) is 6.54 Å².